The first-order chi connectivity index (χ1) is 10.3. The molecule has 0 aliphatic heterocycles. The first-order valence-electron chi connectivity index (χ1n) is 6.93. The second-order valence-electron chi connectivity index (χ2n) is 6.01. The molecule has 0 bridgehead atoms. The third kappa shape index (κ3) is 5.64. The quantitative estimate of drug-likeness (QED) is 0.784. The Kier molecular flexibility index (Phi) is 8.03. The van der Waals surface area contributed by atoms with Crippen LogP contribution in [0, 0.1) is 0 Å². The summed E-state index contributed by atoms with van der Waals surface area (Å²) in [5, 5.41) is 12.5. The summed E-state index contributed by atoms with van der Waals surface area (Å²) in [4.78, 5) is 0. The Labute approximate surface area is 151 Å². The zero-order chi connectivity index (χ0) is 16.8. The van der Waals surface area contributed by atoms with Gasteiger partial charge in [-0.05, 0) is 23.1 Å². The van der Waals surface area contributed by atoms with E-state index in [4.69, 9.17) is 17.0 Å². The molecule has 2 rings (SSSR count). The molecule has 0 aliphatic rings. The molecule has 1 heterocycles. The van der Waals surface area contributed by atoms with Gasteiger partial charge in [0, 0.05) is 25.0 Å². The van der Waals surface area contributed by atoms with Crippen LogP contribution in [0.1, 0.15) is 31.9 Å². The van der Waals surface area contributed by atoms with E-state index in [-0.39, 0.29) is 5.41 Å². The van der Waals surface area contributed by atoms with Crippen molar-refractivity contribution in [2.24, 2.45) is 0 Å². The molecule has 1 aromatic heterocycles. The molecule has 0 saturated carbocycles. The minimum absolute atomic E-state index is 0.0495. The molecule has 0 unspecified atom stereocenters. The molecule has 120 valence electrons. The van der Waals surface area contributed by atoms with Crippen LogP contribution in [0.2, 0.25) is 0 Å². The van der Waals surface area contributed by atoms with Crippen LogP contribution in [-0.2, 0) is 32.8 Å². The van der Waals surface area contributed by atoms with Crippen molar-refractivity contribution in [1.29, 1.82) is 0 Å². The third-order valence-corrected chi connectivity index (χ3v) is 3.31. The van der Waals surface area contributed by atoms with Gasteiger partial charge < -0.3 is 10.1 Å². The molecule has 22 heavy (non-hydrogen) atoms. The van der Waals surface area contributed by atoms with E-state index in [1.54, 1.807) is 0 Å². The molecule has 0 spiro atoms. The molecule has 3 nitrogen and oxygen atoms in total. The van der Waals surface area contributed by atoms with Crippen LogP contribution in [0.3, 0.4) is 0 Å². The molecule has 0 saturated heterocycles. The van der Waals surface area contributed by atoms with Crippen molar-refractivity contribution in [1.82, 2.24) is 4.68 Å². The fraction of sp³-hybridized carbons (Fsp3) is 0.375. The molecule has 0 amide bonds. The van der Waals surface area contributed by atoms with E-state index in [9.17, 15) is 5.11 Å². The maximum absolute atomic E-state index is 10.4. The second kappa shape index (κ2) is 9.00. The summed E-state index contributed by atoms with van der Waals surface area (Å²) in [6.45, 7) is 7.01. The number of hydrogen-bond acceptors (Lipinski definition) is 2. The molecule has 2 aromatic rings. The number of aromatic hydroxyl groups is 1. The molecule has 6 heteroatoms. The van der Waals surface area contributed by atoms with E-state index >= 15 is 0 Å². The van der Waals surface area contributed by atoms with Crippen LogP contribution < -0.4 is 5.01 Å². The molecule has 0 fully saturated rings. The fourth-order valence-corrected chi connectivity index (χ4v) is 2.21. The Morgan fingerprint density at radius 1 is 1.14 bits per heavy atom. The van der Waals surface area contributed by atoms with Crippen LogP contribution in [0.15, 0.2) is 42.7 Å². The normalized spacial score (nSPS) is 10.6. The van der Waals surface area contributed by atoms with Gasteiger partial charge in [0.25, 0.3) is 0 Å². The van der Waals surface area contributed by atoms with Crippen LogP contribution in [0.4, 0.5) is 0 Å². The molecule has 1 N–H and O–H groups in total. The predicted molar refractivity (Wildman–Crippen MR) is 90.8 cm³/mol. The molecular weight excluding hydrogens is 398 g/mol. The molecule has 1 aromatic carbocycles. The Morgan fingerprint density at radius 3 is 2.18 bits per heavy atom. The van der Waals surface area contributed by atoms with Crippen molar-refractivity contribution in [2.45, 2.75) is 32.7 Å². The Bertz CT molecular complexity index is 568. The Balaban J connectivity index is 0.000000745. The molecule has 0 aliphatic carbocycles. The van der Waals surface area contributed by atoms with Crippen molar-refractivity contribution >= 4 is 17.0 Å². The SMILES string of the molecule is CN(Cc1cccc(C(C)(C)C)c1O)n1cccc1.[Cl][Zr][Cl]. The van der Waals surface area contributed by atoms with Gasteiger partial charge in [0.05, 0.1) is 6.54 Å². The van der Waals surface area contributed by atoms with Gasteiger partial charge in [0.15, 0.2) is 0 Å². The number of phenolic OH excluding ortho intramolecular Hbond substituents is 1. The van der Waals surface area contributed by atoms with E-state index in [0.29, 0.717) is 12.3 Å². The number of benzene rings is 1. The summed E-state index contributed by atoms with van der Waals surface area (Å²) in [7, 11) is 11.9. The van der Waals surface area contributed by atoms with Gasteiger partial charge in [-0.25, -0.2) is 0 Å². The van der Waals surface area contributed by atoms with Crippen molar-refractivity contribution < 1.29 is 26.0 Å². The van der Waals surface area contributed by atoms with E-state index in [1.165, 1.54) is 0 Å². The topological polar surface area (TPSA) is 28.4 Å². The third-order valence-electron chi connectivity index (χ3n) is 3.31. The predicted octanol–water partition coefficient (Wildman–Crippen LogP) is 4.64. The number of halogens is 2. The molecule has 0 atom stereocenters. The Hall–Kier alpha value is -0.437. The van der Waals surface area contributed by atoms with Crippen LogP contribution in [-0.4, -0.2) is 16.8 Å². The van der Waals surface area contributed by atoms with E-state index in [0.717, 1.165) is 11.1 Å². The van der Waals surface area contributed by atoms with Gasteiger partial charge in [-0.3, -0.25) is 4.68 Å². The number of aromatic nitrogens is 1. The summed E-state index contributed by atoms with van der Waals surface area (Å²) >= 11 is -0.826. The maximum atomic E-state index is 10.4. The van der Waals surface area contributed by atoms with Crippen LogP contribution >= 0.6 is 17.0 Å². The van der Waals surface area contributed by atoms with Gasteiger partial charge in [-0.2, -0.15) is 0 Å². The van der Waals surface area contributed by atoms with Crippen molar-refractivity contribution in [3.63, 3.8) is 0 Å². The van der Waals surface area contributed by atoms with Gasteiger partial charge in [-0.15, -0.1) is 0 Å². The van der Waals surface area contributed by atoms with Gasteiger partial charge >= 0.3 is 37.9 Å². The molecule has 0 radical (unpaired) electrons. The summed E-state index contributed by atoms with van der Waals surface area (Å²) in [6, 6.07) is 9.96. The van der Waals surface area contributed by atoms with Gasteiger partial charge in [0.1, 0.15) is 5.75 Å². The summed E-state index contributed by atoms with van der Waals surface area (Å²) in [5.74, 6) is 0.411. The summed E-state index contributed by atoms with van der Waals surface area (Å²) < 4.78 is 2.00. The fourth-order valence-electron chi connectivity index (χ4n) is 2.21. The number of para-hydroxylation sites is 1. The standard InChI is InChI=1S/C16H22N2O.2ClH.Zr/c1-16(2,3)14-9-7-8-13(15(14)19)12-17(4)18-10-5-6-11-18;;;/h5-11,19H,12H2,1-4H3;2*1H;/q;;;+2/p-2. The first kappa shape index (κ1) is 19.6. The average molecular weight is 420 g/mol. The summed E-state index contributed by atoms with van der Waals surface area (Å²) in [6.07, 6.45) is 3.98. The van der Waals surface area contributed by atoms with Gasteiger partial charge in [0.2, 0.25) is 0 Å². The minimum atomic E-state index is -0.826. The zero-order valence-corrected chi connectivity index (χ0v) is 17.3. The van der Waals surface area contributed by atoms with Crippen molar-refractivity contribution in [2.75, 3.05) is 12.1 Å². The number of phenols is 1. The van der Waals surface area contributed by atoms with Crippen molar-refractivity contribution in [3.8, 4) is 5.75 Å². The van der Waals surface area contributed by atoms with Crippen LogP contribution in [0.5, 0.6) is 5.75 Å². The average Bonchev–Trinajstić information content (AvgIpc) is 2.94. The second-order valence-corrected chi connectivity index (χ2v) is 9.75. The van der Waals surface area contributed by atoms with Crippen LogP contribution in [0.25, 0.3) is 0 Å². The molecular formula is C16H22Cl2N2OZr. The summed E-state index contributed by atoms with van der Waals surface area (Å²) in [5.41, 5.74) is 1.89. The number of rotatable bonds is 3. The van der Waals surface area contributed by atoms with E-state index < -0.39 is 20.8 Å². The monoisotopic (exact) mass is 418 g/mol. The number of nitrogens with zero attached hydrogens (tertiary/aromatic N) is 2. The zero-order valence-electron chi connectivity index (χ0n) is 13.3. The van der Waals surface area contributed by atoms with E-state index in [2.05, 4.69) is 25.8 Å². The first-order valence-corrected chi connectivity index (χ1v) is 13.3. The van der Waals surface area contributed by atoms with Gasteiger partial charge in [-0.1, -0.05) is 39.0 Å². The van der Waals surface area contributed by atoms with Crippen molar-refractivity contribution in [3.05, 3.63) is 53.9 Å². The Morgan fingerprint density at radius 2 is 1.68 bits per heavy atom. The van der Waals surface area contributed by atoms with E-state index in [1.807, 2.05) is 54.4 Å². The number of hydrogen-bond donors (Lipinski definition) is 1.